The standard InChI is InChI=1S/C28H23N3O4S/c1-2-35-28(34)20-15-13-19(14-16-20)17-24-26(33)31(22-11-7-4-8-12-22)27(36-24)23(18-29)25(32)30-21-9-5-3-6-10-21/h3-16,24H,2,17H2,1H3,(H,30,32)/b27-23-. The maximum Gasteiger partial charge on any atom is 0.338 e. The van der Waals surface area contributed by atoms with Gasteiger partial charge in [0, 0.05) is 11.4 Å². The summed E-state index contributed by atoms with van der Waals surface area (Å²) in [4.78, 5) is 40.0. The number of ether oxygens (including phenoxy) is 1. The Morgan fingerprint density at radius 3 is 2.25 bits per heavy atom. The van der Waals surface area contributed by atoms with Crippen LogP contribution in [0.1, 0.15) is 22.8 Å². The maximum absolute atomic E-state index is 13.5. The number of benzene rings is 3. The number of hydrogen-bond donors (Lipinski definition) is 1. The van der Waals surface area contributed by atoms with E-state index in [1.165, 1.54) is 16.7 Å². The van der Waals surface area contributed by atoms with Gasteiger partial charge in [0.15, 0.2) is 0 Å². The summed E-state index contributed by atoms with van der Waals surface area (Å²) >= 11 is 1.19. The monoisotopic (exact) mass is 497 g/mol. The number of nitrogens with zero attached hydrogens (tertiary/aromatic N) is 2. The Labute approximate surface area is 213 Å². The van der Waals surface area contributed by atoms with E-state index >= 15 is 0 Å². The molecule has 3 aromatic carbocycles. The van der Waals surface area contributed by atoms with Gasteiger partial charge in [0.25, 0.3) is 5.91 Å². The third-order valence-electron chi connectivity index (χ3n) is 5.44. The zero-order chi connectivity index (χ0) is 25.5. The second-order valence-corrected chi connectivity index (χ2v) is 9.04. The van der Waals surface area contributed by atoms with Crippen LogP contribution < -0.4 is 10.2 Å². The van der Waals surface area contributed by atoms with Crippen LogP contribution in [0, 0.1) is 11.3 Å². The molecule has 2 amide bonds. The van der Waals surface area contributed by atoms with Crippen molar-refractivity contribution in [3.8, 4) is 6.07 Å². The Bertz CT molecular complexity index is 1330. The third kappa shape index (κ3) is 5.48. The Morgan fingerprint density at radius 2 is 1.64 bits per heavy atom. The van der Waals surface area contributed by atoms with Crippen LogP contribution in [-0.4, -0.2) is 29.6 Å². The van der Waals surface area contributed by atoms with Crippen LogP contribution in [0.4, 0.5) is 11.4 Å². The predicted molar refractivity (Wildman–Crippen MR) is 139 cm³/mol. The largest absolute Gasteiger partial charge is 0.462 e. The quantitative estimate of drug-likeness (QED) is 0.282. The molecule has 36 heavy (non-hydrogen) atoms. The number of para-hydroxylation sites is 2. The molecule has 0 aromatic heterocycles. The lowest BCUT2D eigenvalue weighted by Gasteiger charge is -2.18. The molecule has 0 spiro atoms. The van der Waals surface area contributed by atoms with Gasteiger partial charge in [-0.25, -0.2) is 4.79 Å². The molecule has 8 heteroatoms. The van der Waals surface area contributed by atoms with Crippen LogP contribution in [-0.2, 0) is 20.7 Å². The average molecular weight is 498 g/mol. The van der Waals surface area contributed by atoms with Gasteiger partial charge in [-0.3, -0.25) is 14.5 Å². The van der Waals surface area contributed by atoms with Crippen LogP contribution in [0.3, 0.4) is 0 Å². The smallest absolute Gasteiger partial charge is 0.338 e. The van der Waals surface area contributed by atoms with Crippen molar-refractivity contribution < 1.29 is 19.1 Å². The fourth-order valence-electron chi connectivity index (χ4n) is 3.72. The minimum Gasteiger partial charge on any atom is -0.462 e. The molecule has 3 aromatic rings. The molecule has 7 nitrogen and oxygen atoms in total. The van der Waals surface area contributed by atoms with E-state index in [4.69, 9.17) is 4.74 Å². The molecule has 1 aliphatic rings. The van der Waals surface area contributed by atoms with E-state index in [0.29, 0.717) is 23.4 Å². The molecule has 1 saturated heterocycles. The molecule has 0 aliphatic carbocycles. The highest BCUT2D eigenvalue weighted by molar-refractivity contribution is 8.05. The number of esters is 1. The summed E-state index contributed by atoms with van der Waals surface area (Å²) in [5.41, 5.74) is 2.26. The zero-order valence-electron chi connectivity index (χ0n) is 19.5. The van der Waals surface area contributed by atoms with Crippen molar-refractivity contribution in [1.29, 1.82) is 5.26 Å². The van der Waals surface area contributed by atoms with Crippen molar-refractivity contribution in [2.24, 2.45) is 0 Å². The first-order chi connectivity index (χ1) is 17.5. The molecule has 1 unspecified atom stereocenters. The second kappa shape index (κ2) is 11.4. The summed E-state index contributed by atoms with van der Waals surface area (Å²) in [6.45, 7) is 2.03. The first-order valence-corrected chi connectivity index (χ1v) is 12.2. The van der Waals surface area contributed by atoms with E-state index < -0.39 is 17.1 Å². The molecule has 1 aliphatic heterocycles. The van der Waals surface area contributed by atoms with Crippen LogP contribution in [0.25, 0.3) is 0 Å². The maximum atomic E-state index is 13.5. The Hall–Kier alpha value is -4.35. The van der Waals surface area contributed by atoms with E-state index in [9.17, 15) is 19.6 Å². The summed E-state index contributed by atoms with van der Waals surface area (Å²) in [5, 5.41) is 12.4. The van der Waals surface area contributed by atoms with Gasteiger partial charge < -0.3 is 10.1 Å². The Kier molecular flexibility index (Phi) is 7.83. The highest BCUT2D eigenvalue weighted by atomic mass is 32.2. The summed E-state index contributed by atoms with van der Waals surface area (Å²) in [6.07, 6.45) is 0.360. The molecule has 4 rings (SSSR count). The van der Waals surface area contributed by atoms with E-state index in [-0.39, 0.29) is 23.1 Å². The lowest BCUT2D eigenvalue weighted by atomic mass is 10.1. The van der Waals surface area contributed by atoms with Gasteiger partial charge >= 0.3 is 5.97 Å². The lowest BCUT2D eigenvalue weighted by Crippen LogP contribution is -2.30. The minimum atomic E-state index is -0.584. The summed E-state index contributed by atoms with van der Waals surface area (Å²) in [7, 11) is 0. The van der Waals surface area contributed by atoms with Crippen LogP contribution >= 0.6 is 11.8 Å². The average Bonchev–Trinajstić information content (AvgIpc) is 3.21. The molecule has 0 bridgehead atoms. The van der Waals surface area contributed by atoms with Crippen molar-refractivity contribution in [3.05, 3.63) is 107 Å². The molecule has 0 saturated carbocycles. The molecule has 1 atom stereocenters. The molecular formula is C28H23N3O4S. The van der Waals surface area contributed by atoms with Gasteiger partial charge in [0.1, 0.15) is 16.7 Å². The zero-order valence-corrected chi connectivity index (χ0v) is 20.3. The summed E-state index contributed by atoms with van der Waals surface area (Å²) in [6, 6.07) is 26.7. The Balaban J connectivity index is 1.64. The highest BCUT2D eigenvalue weighted by Gasteiger charge is 2.40. The first-order valence-electron chi connectivity index (χ1n) is 11.3. The fourth-order valence-corrected chi connectivity index (χ4v) is 5.03. The van der Waals surface area contributed by atoms with Gasteiger partial charge in [-0.15, -0.1) is 0 Å². The number of carbonyl (C=O) groups is 3. The van der Waals surface area contributed by atoms with E-state index in [1.54, 1.807) is 79.7 Å². The minimum absolute atomic E-state index is 0.138. The number of hydrogen-bond acceptors (Lipinski definition) is 6. The molecule has 1 N–H and O–H groups in total. The number of nitrogens with one attached hydrogen (secondary N) is 1. The number of nitriles is 1. The second-order valence-electron chi connectivity index (χ2n) is 7.85. The van der Waals surface area contributed by atoms with Crippen molar-refractivity contribution in [1.82, 2.24) is 0 Å². The summed E-state index contributed by atoms with van der Waals surface area (Å²) in [5.74, 6) is -1.21. The number of thioether (sulfide) groups is 1. The van der Waals surface area contributed by atoms with Gasteiger partial charge in [-0.2, -0.15) is 5.26 Å². The molecule has 1 fully saturated rings. The van der Waals surface area contributed by atoms with Crippen molar-refractivity contribution >= 4 is 40.9 Å². The van der Waals surface area contributed by atoms with Gasteiger partial charge in [0.05, 0.1) is 17.4 Å². The SMILES string of the molecule is CCOC(=O)c1ccc(CC2S/C(=C(/C#N)C(=O)Nc3ccccc3)N(c3ccccc3)C2=O)cc1. The number of anilines is 2. The normalized spacial score (nSPS) is 16.3. The topological polar surface area (TPSA) is 99.5 Å². The van der Waals surface area contributed by atoms with Gasteiger partial charge in [-0.1, -0.05) is 60.3 Å². The molecule has 180 valence electrons. The number of carbonyl (C=O) groups excluding carboxylic acids is 3. The number of amides is 2. The molecule has 0 radical (unpaired) electrons. The van der Waals surface area contributed by atoms with Crippen molar-refractivity contribution in [2.75, 3.05) is 16.8 Å². The van der Waals surface area contributed by atoms with Crippen LogP contribution in [0.2, 0.25) is 0 Å². The predicted octanol–water partition coefficient (Wildman–Crippen LogP) is 4.93. The molecular weight excluding hydrogens is 474 g/mol. The van der Waals surface area contributed by atoms with Crippen LogP contribution in [0.15, 0.2) is 95.5 Å². The third-order valence-corrected chi connectivity index (χ3v) is 6.70. The van der Waals surface area contributed by atoms with E-state index in [0.717, 1.165) is 5.56 Å². The van der Waals surface area contributed by atoms with Gasteiger partial charge in [-0.05, 0) is 55.3 Å². The number of rotatable bonds is 7. The lowest BCUT2D eigenvalue weighted by molar-refractivity contribution is -0.117. The van der Waals surface area contributed by atoms with Crippen molar-refractivity contribution in [3.63, 3.8) is 0 Å². The van der Waals surface area contributed by atoms with Gasteiger partial charge in [0.2, 0.25) is 5.91 Å². The molecule has 1 heterocycles. The Morgan fingerprint density at radius 1 is 1.00 bits per heavy atom. The first kappa shape index (κ1) is 24.8. The van der Waals surface area contributed by atoms with E-state index in [1.807, 2.05) is 18.2 Å². The highest BCUT2D eigenvalue weighted by Crippen LogP contribution is 2.42. The summed E-state index contributed by atoms with van der Waals surface area (Å²) < 4.78 is 5.02. The fraction of sp³-hybridized carbons (Fsp3) is 0.143. The van der Waals surface area contributed by atoms with E-state index in [2.05, 4.69) is 5.32 Å². The van der Waals surface area contributed by atoms with Crippen LogP contribution in [0.5, 0.6) is 0 Å². The van der Waals surface area contributed by atoms with Crippen molar-refractivity contribution in [2.45, 2.75) is 18.6 Å².